The summed E-state index contributed by atoms with van der Waals surface area (Å²) in [6.45, 7) is 0. The number of amides is 1. The second-order valence-electron chi connectivity index (χ2n) is 4.95. The summed E-state index contributed by atoms with van der Waals surface area (Å²) < 4.78 is 0. The minimum atomic E-state index is -0.0996. The molecular weight excluding hydrogens is 292 g/mol. The first-order valence-corrected chi connectivity index (χ1v) is 7.83. The molecule has 1 heterocycles. The Balaban J connectivity index is 1.79. The third-order valence-corrected chi connectivity index (χ3v) is 4.96. The Morgan fingerprint density at radius 3 is 3.05 bits per heavy atom. The van der Waals surface area contributed by atoms with Gasteiger partial charge in [-0.3, -0.25) is 4.79 Å². The van der Waals surface area contributed by atoms with Gasteiger partial charge in [0.15, 0.2) is 0 Å². The van der Waals surface area contributed by atoms with Crippen LogP contribution in [0.5, 0.6) is 0 Å². The van der Waals surface area contributed by atoms with Crippen molar-refractivity contribution in [1.29, 1.82) is 0 Å². The topological polar surface area (TPSA) is 55.1 Å². The zero-order valence-electron chi connectivity index (χ0n) is 10.9. The lowest BCUT2D eigenvalue weighted by atomic mass is 9.94. The molecule has 0 radical (unpaired) electrons. The van der Waals surface area contributed by atoms with Crippen molar-refractivity contribution in [2.45, 2.75) is 25.3 Å². The molecule has 3 N–H and O–H groups in total. The summed E-state index contributed by atoms with van der Waals surface area (Å²) in [6, 6.07) is 7.19. The Bertz CT molecular complexity index is 653. The van der Waals surface area contributed by atoms with Gasteiger partial charge in [0.25, 0.3) is 5.91 Å². The maximum Gasteiger partial charge on any atom is 0.251 e. The molecule has 20 heavy (non-hydrogen) atoms. The van der Waals surface area contributed by atoms with E-state index in [1.165, 1.54) is 10.4 Å². The molecule has 1 amide bonds. The number of aryl methyl sites for hydroxylation is 1. The van der Waals surface area contributed by atoms with Crippen molar-refractivity contribution in [2.24, 2.45) is 0 Å². The zero-order chi connectivity index (χ0) is 14.1. The number of thiophene rings is 1. The monoisotopic (exact) mass is 306 g/mol. The number of rotatable bonds is 2. The summed E-state index contributed by atoms with van der Waals surface area (Å²) in [6.07, 6.45) is 3.22. The van der Waals surface area contributed by atoms with E-state index in [0.29, 0.717) is 16.3 Å². The Labute approximate surface area is 126 Å². The average molecular weight is 307 g/mol. The molecule has 1 aromatic carbocycles. The summed E-state index contributed by atoms with van der Waals surface area (Å²) >= 11 is 7.64. The number of hydrogen-bond donors (Lipinski definition) is 2. The third-order valence-electron chi connectivity index (χ3n) is 3.62. The van der Waals surface area contributed by atoms with E-state index < -0.39 is 0 Å². The number of anilines is 1. The fourth-order valence-electron chi connectivity index (χ4n) is 2.56. The molecule has 0 spiro atoms. The quantitative estimate of drug-likeness (QED) is 0.829. The maximum absolute atomic E-state index is 12.3. The maximum atomic E-state index is 12.3. The molecule has 1 aliphatic carbocycles. The standard InChI is InChI=1S/C15H15ClN2OS/c16-11-5-4-9(8-12(11)17)15(19)18-13-2-1-3-14-10(13)6-7-20-14/h4-8,13H,1-3,17H2,(H,18,19). The average Bonchev–Trinajstić information content (AvgIpc) is 2.91. The number of carbonyl (C=O) groups is 1. The first kappa shape index (κ1) is 13.5. The smallest absolute Gasteiger partial charge is 0.251 e. The van der Waals surface area contributed by atoms with Crippen molar-refractivity contribution < 1.29 is 4.79 Å². The third kappa shape index (κ3) is 2.53. The molecule has 3 rings (SSSR count). The zero-order valence-corrected chi connectivity index (χ0v) is 12.4. The number of fused-ring (bicyclic) bond motifs is 1. The van der Waals surface area contributed by atoms with Crippen LogP contribution in [0.2, 0.25) is 5.02 Å². The van der Waals surface area contributed by atoms with Gasteiger partial charge in [-0.25, -0.2) is 0 Å². The molecule has 1 atom stereocenters. The van der Waals surface area contributed by atoms with Crippen LogP contribution >= 0.6 is 22.9 Å². The van der Waals surface area contributed by atoms with Gasteiger partial charge in [0, 0.05) is 10.4 Å². The van der Waals surface area contributed by atoms with Crippen molar-refractivity contribution in [1.82, 2.24) is 5.32 Å². The Kier molecular flexibility index (Phi) is 3.68. The molecule has 5 heteroatoms. The predicted molar refractivity (Wildman–Crippen MR) is 83.3 cm³/mol. The largest absolute Gasteiger partial charge is 0.398 e. The van der Waals surface area contributed by atoms with Crippen molar-refractivity contribution in [3.05, 3.63) is 50.7 Å². The van der Waals surface area contributed by atoms with Gasteiger partial charge in [0.05, 0.1) is 16.8 Å². The molecule has 0 bridgehead atoms. The highest BCUT2D eigenvalue weighted by atomic mass is 35.5. The van der Waals surface area contributed by atoms with E-state index in [0.717, 1.165) is 19.3 Å². The highest BCUT2D eigenvalue weighted by Crippen LogP contribution is 2.33. The molecule has 1 unspecified atom stereocenters. The Morgan fingerprint density at radius 2 is 2.25 bits per heavy atom. The van der Waals surface area contributed by atoms with Crippen molar-refractivity contribution in [3.8, 4) is 0 Å². The number of carbonyl (C=O) groups excluding carboxylic acids is 1. The molecule has 3 nitrogen and oxygen atoms in total. The fraction of sp³-hybridized carbons (Fsp3) is 0.267. The lowest BCUT2D eigenvalue weighted by Crippen LogP contribution is -2.30. The first-order chi connectivity index (χ1) is 9.65. The summed E-state index contributed by atoms with van der Waals surface area (Å²) in [5, 5.41) is 5.66. The molecule has 0 aliphatic heterocycles. The normalized spacial score (nSPS) is 17.6. The number of nitrogen functional groups attached to an aromatic ring is 1. The van der Waals surface area contributed by atoms with E-state index in [9.17, 15) is 4.79 Å². The number of nitrogens with two attached hydrogens (primary N) is 1. The van der Waals surface area contributed by atoms with Crippen LogP contribution in [0.15, 0.2) is 29.6 Å². The van der Waals surface area contributed by atoms with E-state index in [2.05, 4.69) is 16.8 Å². The highest BCUT2D eigenvalue weighted by molar-refractivity contribution is 7.10. The van der Waals surface area contributed by atoms with E-state index in [1.807, 2.05) is 0 Å². The lowest BCUT2D eigenvalue weighted by Gasteiger charge is -2.23. The number of halogens is 1. The molecule has 0 saturated heterocycles. The Morgan fingerprint density at radius 1 is 1.40 bits per heavy atom. The van der Waals surface area contributed by atoms with E-state index in [-0.39, 0.29) is 11.9 Å². The minimum absolute atomic E-state index is 0.0996. The molecule has 1 aliphatic rings. The molecule has 0 fully saturated rings. The molecular formula is C15H15ClN2OS. The molecule has 2 aromatic rings. The number of hydrogen-bond acceptors (Lipinski definition) is 3. The number of benzene rings is 1. The highest BCUT2D eigenvalue weighted by Gasteiger charge is 2.23. The second-order valence-corrected chi connectivity index (χ2v) is 6.36. The fourth-order valence-corrected chi connectivity index (χ4v) is 3.67. The summed E-state index contributed by atoms with van der Waals surface area (Å²) in [5.74, 6) is -0.0996. The van der Waals surface area contributed by atoms with E-state index in [1.54, 1.807) is 29.5 Å². The summed E-state index contributed by atoms with van der Waals surface area (Å²) in [4.78, 5) is 13.7. The van der Waals surface area contributed by atoms with Crippen LogP contribution in [-0.4, -0.2) is 5.91 Å². The molecule has 0 saturated carbocycles. The van der Waals surface area contributed by atoms with Crippen LogP contribution in [0, 0.1) is 0 Å². The predicted octanol–water partition coefficient (Wildman–Crippen LogP) is 3.79. The molecule has 104 valence electrons. The van der Waals surface area contributed by atoms with Gasteiger partial charge >= 0.3 is 0 Å². The van der Waals surface area contributed by atoms with Gasteiger partial charge in [0.2, 0.25) is 0 Å². The van der Waals surface area contributed by atoms with E-state index >= 15 is 0 Å². The Hall–Kier alpha value is -1.52. The first-order valence-electron chi connectivity index (χ1n) is 6.57. The van der Waals surface area contributed by atoms with Crippen molar-refractivity contribution in [2.75, 3.05) is 5.73 Å². The van der Waals surface area contributed by atoms with Crippen LogP contribution in [0.3, 0.4) is 0 Å². The molecule has 1 aromatic heterocycles. The van der Waals surface area contributed by atoms with Crippen LogP contribution in [0.1, 0.15) is 39.7 Å². The van der Waals surface area contributed by atoms with Crippen LogP contribution in [-0.2, 0) is 6.42 Å². The summed E-state index contributed by atoms with van der Waals surface area (Å²) in [5.41, 5.74) is 7.98. The van der Waals surface area contributed by atoms with Crippen LogP contribution in [0.25, 0.3) is 0 Å². The minimum Gasteiger partial charge on any atom is -0.398 e. The van der Waals surface area contributed by atoms with Crippen molar-refractivity contribution in [3.63, 3.8) is 0 Å². The number of nitrogens with one attached hydrogen (secondary N) is 1. The van der Waals surface area contributed by atoms with Gasteiger partial charge in [-0.15, -0.1) is 11.3 Å². The van der Waals surface area contributed by atoms with Crippen molar-refractivity contribution >= 4 is 34.5 Å². The SMILES string of the molecule is Nc1cc(C(=O)NC2CCCc3sccc32)ccc1Cl. The summed E-state index contributed by atoms with van der Waals surface area (Å²) in [7, 11) is 0. The lowest BCUT2D eigenvalue weighted by molar-refractivity contribution is 0.0933. The van der Waals surface area contributed by atoms with Gasteiger partial charge in [-0.1, -0.05) is 11.6 Å². The van der Waals surface area contributed by atoms with Gasteiger partial charge < -0.3 is 11.1 Å². The van der Waals surface area contributed by atoms with Gasteiger partial charge in [-0.2, -0.15) is 0 Å². The van der Waals surface area contributed by atoms with Crippen LogP contribution < -0.4 is 11.1 Å². The van der Waals surface area contributed by atoms with Gasteiger partial charge in [0.1, 0.15) is 0 Å². The second kappa shape index (κ2) is 5.46. The van der Waals surface area contributed by atoms with Gasteiger partial charge in [-0.05, 0) is 54.5 Å². The van der Waals surface area contributed by atoms with E-state index in [4.69, 9.17) is 17.3 Å². The van der Waals surface area contributed by atoms with Crippen LogP contribution in [0.4, 0.5) is 5.69 Å².